The summed E-state index contributed by atoms with van der Waals surface area (Å²) >= 11 is 0. The Morgan fingerprint density at radius 2 is 2.05 bits per heavy atom. The number of nitro groups is 1. The third-order valence-corrected chi connectivity index (χ3v) is 3.48. The number of para-hydroxylation sites is 1. The summed E-state index contributed by atoms with van der Waals surface area (Å²) in [5, 5.41) is 23.2. The van der Waals surface area contributed by atoms with Crippen molar-refractivity contribution in [1.82, 2.24) is 5.32 Å². The van der Waals surface area contributed by atoms with Gasteiger partial charge in [-0.2, -0.15) is 0 Å². The molecule has 2 rings (SSSR count). The molecule has 0 atom stereocenters. The van der Waals surface area contributed by atoms with Gasteiger partial charge in [-0.3, -0.25) is 14.9 Å². The lowest BCUT2D eigenvalue weighted by molar-refractivity contribution is -0.385. The molecule has 1 aromatic rings. The maximum atomic E-state index is 12.2. The van der Waals surface area contributed by atoms with E-state index in [2.05, 4.69) is 5.32 Å². The van der Waals surface area contributed by atoms with Gasteiger partial charge in [0.15, 0.2) is 0 Å². The molecule has 1 saturated heterocycles. The molecule has 1 heterocycles. The largest absolute Gasteiger partial charge is 0.394 e. The third-order valence-electron chi connectivity index (χ3n) is 3.48. The van der Waals surface area contributed by atoms with E-state index >= 15 is 0 Å². The van der Waals surface area contributed by atoms with Crippen LogP contribution in [0, 0.1) is 10.1 Å². The fourth-order valence-corrected chi connectivity index (χ4v) is 2.22. The second kappa shape index (κ2) is 5.98. The van der Waals surface area contributed by atoms with E-state index in [1.165, 1.54) is 18.2 Å². The molecule has 0 aromatic heterocycles. The highest BCUT2D eigenvalue weighted by molar-refractivity contribution is 5.98. The van der Waals surface area contributed by atoms with Crippen molar-refractivity contribution in [2.24, 2.45) is 0 Å². The number of nitro benzene ring substituents is 1. The molecule has 7 nitrogen and oxygen atoms in total. The number of benzene rings is 1. The van der Waals surface area contributed by atoms with E-state index in [4.69, 9.17) is 4.74 Å². The van der Waals surface area contributed by atoms with Crippen LogP contribution in [-0.4, -0.2) is 41.3 Å². The Morgan fingerprint density at radius 1 is 1.40 bits per heavy atom. The van der Waals surface area contributed by atoms with E-state index in [1.54, 1.807) is 6.07 Å². The van der Waals surface area contributed by atoms with Crippen molar-refractivity contribution in [3.8, 4) is 0 Å². The number of carbonyl (C=O) groups excluding carboxylic acids is 1. The summed E-state index contributed by atoms with van der Waals surface area (Å²) in [7, 11) is 0. The highest BCUT2D eigenvalue weighted by Crippen LogP contribution is 2.23. The first kappa shape index (κ1) is 14.4. The van der Waals surface area contributed by atoms with Crippen LogP contribution in [0.25, 0.3) is 0 Å². The summed E-state index contributed by atoms with van der Waals surface area (Å²) in [6, 6.07) is 5.76. The molecule has 1 aromatic carbocycles. The van der Waals surface area contributed by atoms with Crippen LogP contribution in [0.2, 0.25) is 0 Å². The minimum atomic E-state index is -0.765. The van der Waals surface area contributed by atoms with E-state index in [-0.39, 0.29) is 17.9 Å². The number of hydrogen-bond acceptors (Lipinski definition) is 5. The number of aliphatic hydroxyl groups is 1. The van der Waals surface area contributed by atoms with Gasteiger partial charge in [0.25, 0.3) is 11.6 Å². The van der Waals surface area contributed by atoms with Gasteiger partial charge in [-0.15, -0.1) is 0 Å². The number of carbonyl (C=O) groups is 1. The zero-order valence-corrected chi connectivity index (χ0v) is 10.9. The molecule has 0 unspecified atom stereocenters. The number of aliphatic hydroxyl groups excluding tert-OH is 1. The smallest absolute Gasteiger partial charge is 0.282 e. The van der Waals surface area contributed by atoms with E-state index in [0.29, 0.717) is 26.1 Å². The molecule has 1 fully saturated rings. The lowest BCUT2D eigenvalue weighted by Gasteiger charge is -2.36. The van der Waals surface area contributed by atoms with E-state index in [9.17, 15) is 20.0 Å². The zero-order valence-electron chi connectivity index (χ0n) is 10.9. The van der Waals surface area contributed by atoms with Crippen LogP contribution in [-0.2, 0) is 4.74 Å². The fourth-order valence-electron chi connectivity index (χ4n) is 2.22. The van der Waals surface area contributed by atoms with Gasteiger partial charge in [-0.25, -0.2) is 0 Å². The van der Waals surface area contributed by atoms with Crippen LogP contribution in [0.3, 0.4) is 0 Å². The van der Waals surface area contributed by atoms with Gasteiger partial charge >= 0.3 is 0 Å². The highest BCUT2D eigenvalue weighted by atomic mass is 16.6. The summed E-state index contributed by atoms with van der Waals surface area (Å²) in [6.45, 7) is 0.665. The Morgan fingerprint density at radius 3 is 2.65 bits per heavy atom. The first-order valence-electron chi connectivity index (χ1n) is 6.32. The Labute approximate surface area is 115 Å². The van der Waals surface area contributed by atoms with Crippen LogP contribution < -0.4 is 5.32 Å². The number of rotatable bonds is 4. The predicted molar refractivity (Wildman–Crippen MR) is 70.4 cm³/mol. The van der Waals surface area contributed by atoms with Gasteiger partial charge in [0.05, 0.1) is 17.1 Å². The van der Waals surface area contributed by atoms with Crippen molar-refractivity contribution >= 4 is 11.6 Å². The molecular weight excluding hydrogens is 264 g/mol. The van der Waals surface area contributed by atoms with E-state index in [0.717, 1.165) is 0 Å². The van der Waals surface area contributed by atoms with Gasteiger partial charge in [-0.1, -0.05) is 12.1 Å². The van der Waals surface area contributed by atoms with Crippen molar-refractivity contribution in [3.63, 3.8) is 0 Å². The molecule has 0 spiro atoms. The number of hydrogen-bond donors (Lipinski definition) is 2. The normalized spacial score (nSPS) is 17.4. The molecule has 108 valence electrons. The summed E-state index contributed by atoms with van der Waals surface area (Å²) in [4.78, 5) is 22.6. The molecule has 0 aliphatic carbocycles. The standard InChI is InChI=1S/C13H16N2O5/c16-9-13(5-7-20-8-6-13)14-12(17)10-3-1-2-4-11(10)15(18)19/h1-4,16H,5-9H2,(H,14,17). The molecule has 0 bridgehead atoms. The molecule has 1 aliphatic heterocycles. The minimum Gasteiger partial charge on any atom is -0.394 e. The Hall–Kier alpha value is -1.99. The van der Waals surface area contributed by atoms with Crippen molar-refractivity contribution in [2.75, 3.05) is 19.8 Å². The minimum absolute atomic E-state index is 0.00295. The molecular formula is C13H16N2O5. The van der Waals surface area contributed by atoms with E-state index < -0.39 is 16.4 Å². The van der Waals surface area contributed by atoms with Gasteiger partial charge < -0.3 is 15.2 Å². The first-order valence-corrected chi connectivity index (χ1v) is 6.32. The molecule has 7 heteroatoms. The second-order valence-electron chi connectivity index (χ2n) is 4.78. The van der Waals surface area contributed by atoms with E-state index in [1.807, 2.05) is 0 Å². The average molecular weight is 280 g/mol. The van der Waals surface area contributed by atoms with Crippen LogP contribution in [0.4, 0.5) is 5.69 Å². The number of ether oxygens (including phenoxy) is 1. The third kappa shape index (κ3) is 2.94. The fraction of sp³-hybridized carbons (Fsp3) is 0.462. The van der Waals surface area contributed by atoms with Gasteiger partial charge in [0.2, 0.25) is 0 Å². The Balaban J connectivity index is 2.21. The highest BCUT2D eigenvalue weighted by Gasteiger charge is 2.35. The van der Waals surface area contributed by atoms with Crippen LogP contribution in [0.15, 0.2) is 24.3 Å². The maximum Gasteiger partial charge on any atom is 0.282 e. The first-order chi connectivity index (χ1) is 9.58. The molecule has 0 radical (unpaired) electrons. The Bertz CT molecular complexity index is 511. The van der Waals surface area contributed by atoms with Crippen molar-refractivity contribution < 1.29 is 19.6 Å². The van der Waals surface area contributed by atoms with Gasteiger partial charge in [0, 0.05) is 19.3 Å². The molecule has 20 heavy (non-hydrogen) atoms. The Kier molecular flexibility index (Phi) is 4.31. The lowest BCUT2D eigenvalue weighted by atomic mass is 9.90. The molecule has 1 aliphatic rings. The summed E-state index contributed by atoms with van der Waals surface area (Å²) < 4.78 is 5.21. The summed E-state index contributed by atoms with van der Waals surface area (Å²) in [6.07, 6.45) is 0.964. The van der Waals surface area contributed by atoms with Crippen molar-refractivity contribution in [3.05, 3.63) is 39.9 Å². The number of amides is 1. The van der Waals surface area contributed by atoms with Crippen LogP contribution in [0.5, 0.6) is 0 Å². The summed E-state index contributed by atoms with van der Waals surface area (Å²) in [5.74, 6) is -0.548. The van der Waals surface area contributed by atoms with Gasteiger partial charge in [-0.05, 0) is 18.9 Å². The van der Waals surface area contributed by atoms with Crippen molar-refractivity contribution in [2.45, 2.75) is 18.4 Å². The second-order valence-corrected chi connectivity index (χ2v) is 4.78. The van der Waals surface area contributed by atoms with Gasteiger partial charge in [0.1, 0.15) is 5.56 Å². The topological polar surface area (TPSA) is 102 Å². The lowest BCUT2D eigenvalue weighted by Crippen LogP contribution is -2.54. The maximum absolute atomic E-state index is 12.2. The monoisotopic (exact) mass is 280 g/mol. The summed E-state index contributed by atoms with van der Waals surface area (Å²) in [5.41, 5.74) is -1.01. The molecule has 1 amide bonds. The quantitative estimate of drug-likeness (QED) is 0.629. The number of nitrogens with zero attached hydrogens (tertiary/aromatic N) is 1. The van der Waals surface area contributed by atoms with Crippen molar-refractivity contribution in [1.29, 1.82) is 0 Å². The zero-order chi connectivity index (χ0) is 14.6. The SMILES string of the molecule is O=C(NC1(CO)CCOCC1)c1ccccc1[N+](=O)[O-]. The molecule has 2 N–H and O–H groups in total. The number of nitrogens with one attached hydrogen (secondary N) is 1. The average Bonchev–Trinajstić information content (AvgIpc) is 2.48. The predicted octanol–water partition coefficient (Wildman–Crippen LogP) is 0.866. The molecule has 0 saturated carbocycles. The van der Waals surface area contributed by atoms with Crippen LogP contribution >= 0.6 is 0 Å². The van der Waals surface area contributed by atoms with Crippen LogP contribution in [0.1, 0.15) is 23.2 Å².